The summed E-state index contributed by atoms with van der Waals surface area (Å²) in [5.74, 6) is 0.738. The molecule has 0 amide bonds. The summed E-state index contributed by atoms with van der Waals surface area (Å²) in [5, 5.41) is 19.6. The number of nitrogens with zero attached hydrogens (tertiary/aromatic N) is 2. The van der Waals surface area contributed by atoms with E-state index in [1.54, 1.807) is 0 Å². The molecule has 134 valence electrons. The number of aryl methyl sites for hydroxylation is 1. The van der Waals surface area contributed by atoms with Gasteiger partial charge in [0.1, 0.15) is 24.2 Å². The molecule has 4 rings (SSSR count). The Balaban J connectivity index is 1.25. The number of aliphatic hydroxyl groups excluding tert-OH is 1. The standard InChI is InChI=1S/C20H21N3O2S/c24-16(11-21-19-10-7-14-3-1-2-4-18(14)19)12-25-17-8-5-15(6-9-17)20-13-26-23-22-20/h1-6,8-9,13,16,19,21,24H,7,10-12H2/t16-,19-/m1/s1. The Kier molecular flexibility index (Phi) is 5.24. The topological polar surface area (TPSA) is 67.3 Å². The number of benzene rings is 2. The summed E-state index contributed by atoms with van der Waals surface area (Å²) < 4.78 is 9.57. The van der Waals surface area contributed by atoms with Crippen LogP contribution >= 0.6 is 11.5 Å². The van der Waals surface area contributed by atoms with E-state index in [2.05, 4.69) is 39.2 Å². The summed E-state index contributed by atoms with van der Waals surface area (Å²) in [7, 11) is 0. The van der Waals surface area contributed by atoms with Crippen molar-refractivity contribution in [1.82, 2.24) is 14.9 Å². The predicted molar refractivity (Wildman–Crippen MR) is 102 cm³/mol. The van der Waals surface area contributed by atoms with Gasteiger partial charge in [-0.25, -0.2) is 0 Å². The van der Waals surface area contributed by atoms with Gasteiger partial charge in [-0.3, -0.25) is 0 Å². The van der Waals surface area contributed by atoms with Gasteiger partial charge in [0, 0.05) is 23.5 Å². The van der Waals surface area contributed by atoms with Crippen molar-refractivity contribution >= 4 is 11.5 Å². The zero-order chi connectivity index (χ0) is 17.8. The summed E-state index contributed by atoms with van der Waals surface area (Å²) in [5.41, 5.74) is 4.63. The number of nitrogens with one attached hydrogen (secondary N) is 1. The van der Waals surface area contributed by atoms with Gasteiger partial charge in [0.2, 0.25) is 0 Å². The first-order valence-corrected chi connectivity index (χ1v) is 9.63. The van der Waals surface area contributed by atoms with Crippen LogP contribution in [-0.2, 0) is 6.42 Å². The lowest BCUT2D eigenvalue weighted by Crippen LogP contribution is -2.33. The molecule has 6 heteroatoms. The molecule has 0 saturated carbocycles. The van der Waals surface area contributed by atoms with E-state index < -0.39 is 6.10 Å². The normalized spacial score (nSPS) is 17.0. The van der Waals surface area contributed by atoms with Crippen molar-refractivity contribution in [1.29, 1.82) is 0 Å². The van der Waals surface area contributed by atoms with E-state index in [1.807, 2.05) is 29.6 Å². The molecule has 26 heavy (non-hydrogen) atoms. The van der Waals surface area contributed by atoms with Crippen molar-refractivity contribution < 1.29 is 9.84 Å². The molecule has 2 atom stereocenters. The number of fused-ring (bicyclic) bond motifs is 1. The SMILES string of the molecule is O[C@H](CN[C@@H]1CCc2ccccc21)COc1ccc(-c2csnn2)cc1. The number of aliphatic hydroxyl groups is 1. The Hall–Kier alpha value is -2.28. The van der Waals surface area contributed by atoms with Crippen molar-refractivity contribution in [3.63, 3.8) is 0 Å². The molecule has 2 aromatic carbocycles. The lowest BCUT2D eigenvalue weighted by molar-refractivity contribution is 0.103. The van der Waals surface area contributed by atoms with Crippen LogP contribution in [0.25, 0.3) is 11.3 Å². The molecule has 0 unspecified atom stereocenters. The van der Waals surface area contributed by atoms with Gasteiger partial charge in [-0.05, 0) is 59.8 Å². The minimum absolute atomic E-state index is 0.263. The van der Waals surface area contributed by atoms with E-state index in [1.165, 1.54) is 22.7 Å². The van der Waals surface area contributed by atoms with E-state index >= 15 is 0 Å². The Morgan fingerprint density at radius 3 is 2.85 bits per heavy atom. The average molecular weight is 367 g/mol. The molecule has 0 spiro atoms. The molecule has 0 bridgehead atoms. The number of rotatable bonds is 7. The number of hydrogen-bond acceptors (Lipinski definition) is 6. The minimum atomic E-state index is -0.551. The second-order valence-electron chi connectivity index (χ2n) is 6.48. The summed E-state index contributed by atoms with van der Waals surface area (Å²) in [6.07, 6.45) is 1.63. The van der Waals surface area contributed by atoms with Crippen molar-refractivity contribution in [2.45, 2.75) is 25.0 Å². The van der Waals surface area contributed by atoms with Gasteiger partial charge in [-0.1, -0.05) is 28.8 Å². The van der Waals surface area contributed by atoms with Crippen molar-refractivity contribution in [3.8, 4) is 17.0 Å². The van der Waals surface area contributed by atoms with Gasteiger partial charge in [0.05, 0.1) is 0 Å². The third kappa shape index (κ3) is 3.93. The highest BCUT2D eigenvalue weighted by Gasteiger charge is 2.22. The van der Waals surface area contributed by atoms with Crippen LogP contribution in [0.15, 0.2) is 53.9 Å². The van der Waals surface area contributed by atoms with Gasteiger partial charge >= 0.3 is 0 Å². The first-order chi connectivity index (χ1) is 12.8. The summed E-state index contributed by atoms with van der Waals surface area (Å²) in [6, 6.07) is 16.5. The third-order valence-electron chi connectivity index (χ3n) is 4.69. The van der Waals surface area contributed by atoms with E-state index in [0.29, 0.717) is 12.6 Å². The van der Waals surface area contributed by atoms with Gasteiger partial charge in [-0.2, -0.15) is 0 Å². The van der Waals surface area contributed by atoms with Crippen molar-refractivity contribution in [2.75, 3.05) is 13.2 Å². The molecule has 1 aliphatic rings. The van der Waals surface area contributed by atoms with Crippen LogP contribution in [0.2, 0.25) is 0 Å². The maximum atomic E-state index is 10.2. The van der Waals surface area contributed by atoms with Gasteiger partial charge < -0.3 is 15.2 Å². The van der Waals surface area contributed by atoms with Crippen LogP contribution in [0.5, 0.6) is 5.75 Å². The summed E-state index contributed by atoms with van der Waals surface area (Å²) in [6.45, 7) is 0.778. The molecule has 1 aromatic heterocycles. The molecule has 0 fully saturated rings. The average Bonchev–Trinajstić information content (AvgIpc) is 3.35. The van der Waals surface area contributed by atoms with Gasteiger partial charge in [0.15, 0.2) is 0 Å². The molecule has 1 aliphatic carbocycles. The van der Waals surface area contributed by atoms with Crippen molar-refractivity contribution in [2.24, 2.45) is 0 Å². The van der Waals surface area contributed by atoms with Crippen molar-refractivity contribution in [3.05, 3.63) is 65.0 Å². The monoisotopic (exact) mass is 367 g/mol. The first kappa shape index (κ1) is 17.1. The molecule has 1 heterocycles. The van der Waals surface area contributed by atoms with Crippen LogP contribution < -0.4 is 10.1 Å². The van der Waals surface area contributed by atoms with Gasteiger partial charge in [-0.15, -0.1) is 5.10 Å². The van der Waals surface area contributed by atoms with Crippen LogP contribution in [0.4, 0.5) is 0 Å². The van der Waals surface area contributed by atoms with Crippen LogP contribution in [-0.4, -0.2) is 33.9 Å². The van der Waals surface area contributed by atoms with E-state index in [-0.39, 0.29) is 6.61 Å². The quantitative estimate of drug-likeness (QED) is 0.671. The van der Waals surface area contributed by atoms with Crippen LogP contribution in [0.1, 0.15) is 23.6 Å². The van der Waals surface area contributed by atoms with Crippen LogP contribution in [0.3, 0.4) is 0 Å². The second-order valence-corrected chi connectivity index (χ2v) is 7.09. The Morgan fingerprint density at radius 2 is 2.04 bits per heavy atom. The Bertz CT molecular complexity index is 837. The maximum Gasteiger partial charge on any atom is 0.119 e. The fourth-order valence-electron chi connectivity index (χ4n) is 3.31. The smallest absolute Gasteiger partial charge is 0.119 e. The molecule has 5 nitrogen and oxygen atoms in total. The first-order valence-electron chi connectivity index (χ1n) is 8.79. The lowest BCUT2D eigenvalue weighted by atomic mass is 10.1. The highest BCUT2D eigenvalue weighted by Crippen LogP contribution is 2.30. The second kappa shape index (κ2) is 7.95. The highest BCUT2D eigenvalue weighted by molar-refractivity contribution is 7.03. The molecule has 0 saturated heterocycles. The fourth-order valence-corrected chi connectivity index (χ4v) is 3.78. The maximum absolute atomic E-state index is 10.2. The molecular weight excluding hydrogens is 346 g/mol. The predicted octanol–water partition coefficient (Wildman–Crippen LogP) is 3.22. The number of aromatic nitrogens is 2. The molecule has 3 aromatic rings. The molecule has 2 N–H and O–H groups in total. The molecule has 0 aliphatic heterocycles. The third-order valence-corrected chi connectivity index (χ3v) is 5.19. The van der Waals surface area contributed by atoms with Gasteiger partial charge in [0.25, 0.3) is 0 Å². The minimum Gasteiger partial charge on any atom is -0.491 e. The van der Waals surface area contributed by atoms with Crippen LogP contribution in [0, 0.1) is 0 Å². The lowest BCUT2D eigenvalue weighted by Gasteiger charge is -2.18. The molecular formula is C20H21N3O2S. The number of hydrogen-bond donors (Lipinski definition) is 2. The van der Waals surface area contributed by atoms with E-state index in [0.717, 1.165) is 29.8 Å². The summed E-state index contributed by atoms with van der Waals surface area (Å²) in [4.78, 5) is 0. The summed E-state index contributed by atoms with van der Waals surface area (Å²) >= 11 is 1.33. The Morgan fingerprint density at radius 1 is 1.19 bits per heavy atom. The zero-order valence-electron chi connectivity index (χ0n) is 14.3. The number of ether oxygens (including phenoxy) is 1. The Labute approximate surface area is 156 Å². The highest BCUT2D eigenvalue weighted by atomic mass is 32.1. The fraction of sp³-hybridized carbons (Fsp3) is 0.300. The van der Waals surface area contributed by atoms with E-state index in [4.69, 9.17) is 4.74 Å². The molecule has 0 radical (unpaired) electrons. The zero-order valence-corrected chi connectivity index (χ0v) is 15.2. The largest absolute Gasteiger partial charge is 0.491 e. The van der Waals surface area contributed by atoms with E-state index in [9.17, 15) is 5.11 Å².